The van der Waals surface area contributed by atoms with Gasteiger partial charge in [0, 0.05) is 26.2 Å². The van der Waals surface area contributed by atoms with Crippen LogP contribution < -0.4 is 5.43 Å². The van der Waals surface area contributed by atoms with Crippen molar-refractivity contribution in [1.82, 2.24) is 9.80 Å². The molecule has 0 aliphatic carbocycles. The van der Waals surface area contributed by atoms with Crippen LogP contribution in [0.2, 0.25) is 0 Å². The Labute approximate surface area is 185 Å². The second-order valence-electron chi connectivity index (χ2n) is 8.48. The summed E-state index contributed by atoms with van der Waals surface area (Å²) in [5.41, 5.74) is 2.22. The Kier molecular flexibility index (Phi) is 5.45. The molecular formula is C25H26N2O5. The third-order valence-electron chi connectivity index (χ3n) is 6.28. The number of benzene rings is 2. The number of phenols is 1. The maximum atomic E-state index is 13.5. The van der Waals surface area contributed by atoms with Gasteiger partial charge in [-0.15, -0.1) is 0 Å². The van der Waals surface area contributed by atoms with E-state index in [1.54, 1.807) is 35.2 Å². The highest BCUT2D eigenvalue weighted by atomic mass is 16.5. The summed E-state index contributed by atoms with van der Waals surface area (Å²) in [5.74, 6) is -0.0846. The molecule has 7 nitrogen and oxygen atoms in total. The van der Waals surface area contributed by atoms with Gasteiger partial charge < -0.3 is 19.2 Å². The number of ether oxygens (including phenoxy) is 1. The SMILES string of the molecule is Cc1ccc2oc3c(c(=O)c2c1)[C@H](c1cccc(O)c1)N(CCCN1CCOCC1)C3=O. The summed E-state index contributed by atoms with van der Waals surface area (Å²) in [7, 11) is 0. The van der Waals surface area contributed by atoms with Crippen molar-refractivity contribution in [2.24, 2.45) is 0 Å². The summed E-state index contributed by atoms with van der Waals surface area (Å²) in [5, 5.41) is 10.5. The number of aryl methyl sites for hydroxylation is 1. The van der Waals surface area contributed by atoms with Gasteiger partial charge in [0.25, 0.3) is 5.91 Å². The van der Waals surface area contributed by atoms with E-state index >= 15 is 0 Å². The van der Waals surface area contributed by atoms with Crippen LogP contribution in [0.4, 0.5) is 0 Å². The quantitative estimate of drug-likeness (QED) is 0.665. The minimum absolute atomic E-state index is 0.0951. The number of morpholine rings is 1. The standard InChI is InChI=1S/C25H26N2O5/c1-16-6-7-20-19(14-16)23(29)21-22(17-4-2-5-18(28)15-17)27(25(30)24(21)32-20)9-3-8-26-10-12-31-13-11-26/h2,4-7,14-15,22,28H,3,8-13H2,1H3/t22-/m0/s1. The van der Waals surface area contributed by atoms with E-state index in [-0.39, 0.29) is 22.8 Å². The van der Waals surface area contributed by atoms with Crippen molar-refractivity contribution in [3.8, 4) is 5.75 Å². The van der Waals surface area contributed by atoms with Crippen LogP contribution in [0.15, 0.2) is 51.7 Å². The largest absolute Gasteiger partial charge is 0.508 e. The molecule has 1 aromatic heterocycles. The second-order valence-corrected chi connectivity index (χ2v) is 8.48. The van der Waals surface area contributed by atoms with Crippen LogP contribution in [0.3, 0.4) is 0 Å². The average molecular weight is 434 g/mol. The summed E-state index contributed by atoms with van der Waals surface area (Å²) in [6.07, 6.45) is 0.766. The Morgan fingerprint density at radius 2 is 1.88 bits per heavy atom. The van der Waals surface area contributed by atoms with Crippen LogP contribution in [0.25, 0.3) is 11.0 Å². The van der Waals surface area contributed by atoms with E-state index in [0.717, 1.165) is 44.8 Å². The summed E-state index contributed by atoms with van der Waals surface area (Å²) in [6, 6.07) is 11.6. The van der Waals surface area contributed by atoms with E-state index in [1.165, 1.54) is 0 Å². The highest BCUT2D eigenvalue weighted by Gasteiger charge is 2.42. The van der Waals surface area contributed by atoms with Gasteiger partial charge in [0.05, 0.1) is 30.2 Å². The number of hydrogen-bond acceptors (Lipinski definition) is 6. The minimum atomic E-state index is -0.588. The molecule has 3 heterocycles. The molecule has 1 saturated heterocycles. The molecular weight excluding hydrogens is 408 g/mol. The van der Waals surface area contributed by atoms with Crippen molar-refractivity contribution in [3.63, 3.8) is 0 Å². The van der Waals surface area contributed by atoms with Crippen molar-refractivity contribution >= 4 is 16.9 Å². The number of nitrogens with zero attached hydrogens (tertiary/aromatic N) is 2. The fraction of sp³-hybridized carbons (Fsp3) is 0.360. The van der Waals surface area contributed by atoms with Gasteiger partial charge in [-0.1, -0.05) is 23.8 Å². The van der Waals surface area contributed by atoms with Crippen LogP contribution in [-0.2, 0) is 4.74 Å². The predicted octanol–water partition coefficient (Wildman–Crippen LogP) is 3.07. The van der Waals surface area contributed by atoms with Crippen LogP contribution in [0.5, 0.6) is 5.75 Å². The van der Waals surface area contributed by atoms with E-state index in [4.69, 9.17) is 9.15 Å². The Hall–Kier alpha value is -3.16. The number of hydrogen-bond donors (Lipinski definition) is 1. The fourth-order valence-corrected chi connectivity index (χ4v) is 4.70. The lowest BCUT2D eigenvalue weighted by Crippen LogP contribution is -2.38. The molecule has 0 spiro atoms. The highest BCUT2D eigenvalue weighted by molar-refractivity contribution is 5.99. The van der Waals surface area contributed by atoms with Crippen molar-refractivity contribution in [1.29, 1.82) is 0 Å². The van der Waals surface area contributed by atoms with Crippen molar-refractivity contribution < 1.29 is 19.1 Å². The molecule has 1 N–H and O–H groups in total. The molecule has 32 heavy (non-hydrogen) atoms. The van der Waals surface area contributed by atoms with E-state index in [1.807, 2.05) is 19.1 Å². The van der Waals surface area contributed by atoms with Crippen LogP contribution in [0, 0.1) is 6.92 Å². The lowest BCUT2D eigenvalue weighted by molar-refractivity contribution is 0.0353. The smallest absolute Gasteiger partial charge is 0.290 e. The van der Waals surface area contributed by atoms with Gasteiger partial charge in [-0.2, -0.15) is 0 Å². The lowest BCUT2D eigenvalue weighted by atomic mass is 9.98. The number of amides is 1. The van der Waals surface area contributed by atoms with E-state index in [9.17, 15) is 14.7 Å². The third kappa shape index (κ3) is 3.67. The molecule has 7 heteroatoms. The third-order valence-corrected chi connectivity index (χ3v) is 6.28. The van der Waals surface area contributed by atoms with Gasteiger partial charge in [0.1, 0.15) is 11.3 Å². The number of rotatable bonds is 5. The fourth-order valence-electron chi connectivity index (χ4n) is 4.70. The summed E-state index contributed by atoms with van der Waals surface area (Å²) < 4.78 is 11.4. The molecule has 1 amide bonds. The van der Waals surface area contributed by atoms with E-state index in [2.05, 4.69) is 4.90 Å². The molecule has 3 aromatic rings. The molecule has 1 atom stereocenters. The van der Waals surface area contributed by atoms with Crippen LogP contribution in [0.1, 0.15) is 39.7 Å². The Balaban J connectivity index is 1.54. The van der Waals surface area contributed by atoms with Crippen molar-refractivity contribution in [2.75, 3.05) is 39.4 Å². The Morgan fingerprint density at radius 1 is 1.06 bits per heavy atom. The van der Waals surface area contributed by atoms with Crippen molar-refractivity contribution in [3.05, 3.63) is 75.1 Å². The topological polar surface area (TPSA) is 83.2 Å². The summed E-state index contributed by atoms with van der Waals surface area (Å²) in [4.78, 5) is 31.0. The van der Waals surface area contributed by atoms with Gasteiger partial charge in [-0.25, -0.2) is 0 Å². The maximum absolute atomic E-state index is 13.5. The number of carbonyl (C=O) groups is 1. The molecule has 1 fully saturated rings. The Bertz CT molecular complexity index is 1230. The Morgan fingerprint density at radius 3 is 2.66 bits per heavy atom. The van der Waals surface area contributed by atoms with Gasteiger partial charge >= 0.3 is 0 Å². The zero-order valence-corrected chi connectivity index (χ0v) is 18.0. The van der Waals surface area contributed by atoms with Gasteiger partial charge in [0.2, 0.25) is 5.76 Å². The molecule has 0 unspecified atom stereocenters. The monoisotopic (exact) mass is 434 g/mol. The van der Waals surface area contributed by atoms with E-state index < -0.39 is 6.04 Å². The molecule has 0 bridgehead atoms. The zero-order valence-electron chi connectivity index (χ0n) is 18.0. The number of aromatic hydroxyl groups is 1. The molecule has 0 radical (unpaired) electrons. The summed E-state index contributed by atoms with van der Waals surface area (Å²) >= 11 is 0. The highest BCUT2D eigenvalue weighted by Crippen LogP contribution is 2.39. The average Bonchev–Trinajstić information content (AvgIpc) is 3.07. The molecule has 5 rings (SSSR count). The van der Waals surface area contributed by atoms with Gasteiger partial charge in [0.15, 0.2) is 5.43 Å². The van der Waals surface area contributed by atoms with Gasteiger partial charge in [-0.05, 0) is 43.2 Å². The summed E-state index contributed by atoms with van der Waals surface area (Å²) in [6.45, 7) is 6.47. The number of fused-ring (bicyclic) bond motifs is 2. The molecule has 2 aliphatic heterocycles. The maximum Gasteiger partial charge on any atom is 0.290 e. The van der Waals surface area contributed by atoms with Crippen LogP contribution in [-0.4, -0.2) is 60.2 Å². The molecule has 0 saturated carbocycles. The lowest BCUT2D eigenvalue weighted by Gasteiger charge is -2.29. The normalized spacial score (nSPS) is 19.0. The first kappa shape index (κ1) is 20.7. The van der Waals surface area contributed by atoms with E-state index in [0.29, 0.717) is 28.6 Å². The first-order valence-corrected chi connectivity index (χ1v) is 11.0. The zero-order chi connectivity index (χ0) is 22.2. The number of carbonyl (C=O) groups excluding carboxylic acids is 1. The minimum Gasteiger partial charge on any atom is -0.508 e. The molecule has 2 aliphatic rings. The first-order valence-electron chi connectivity index (χ1n) is 11.0. The molecule has 2 aromatic carbocycles. The predicted molar refractivity (Wildman–Crippen MR) is 120 cm³/mol. The van der Waals surface area contributed by atoms with Crippen molar-refractivity contribution in [2.45, 2.75) is 19.4 Å². The van der Waals surface area contributed by atoms with Crippen LogP contribution >= 0.6 is 0 Å². The second kappa shape index (κ2) is 8.41. The number of phenolic OH excluding ortho intramolecular Hbond substituents is 1. The van der Waals surface area contributed by atoms with Gasteiger partial charge in [-0.3, -0.25) is 14.5 Å². The molecule has 166 valence electrons. The first-order chi connectivity index (χ1) is 15.5.